The van der Waals surface area contributed by atoms with Gasteiger partial charge in [-0.1, -0.05) is 6.07 Å². The summed E-state index contributed by atoms with van der Waals surface area (Å²) >= 11 is 0. The number of anilines is 1. The monoisotopic (exact) mass is 284 g/mol. The molecule has 2 aromatic rings. The molecule has 2 rings (SSSR count). The third kappa shape index (κ3) is 3.78. The molecule has 0 aliphatic heterocycles. The number of carbonyl (C=O) groups excluding carboxylic acids is 1. The van der Waals surface area contributed by atoms with Crippen molar-refractivity contribution in [1.29, 1.82) is 0 Å². The van der Waals surface area contributed by atoms with Gasteiger partial charge in [-0.05, 0) is 37.6 Å². The quantitative estimate of drug-likeness (QED) is 0.936. The van der Waals surface area contributed by atoms with Gasteiger partial charge in [0, 0.05) is 31.5 Å². The largest absolute Gasteiger partial charge is 0.379 e. The summed E-state index contributed by atoms with van der Waals surface area (Å²) in [7, 11) is 3.50. The van der Waals surface area contributed by atoms with Crippen LogP contribution < -0.4 is 5.32 Å². The van der Waals surface area contributed by atoms with Crippen LogP contribution in [0.3, 0.4) is 0 Å². The summed E-state index contributed by atoms with van der Waals surface area (Å²) in [6.07, 6.45) is 1.75. The minimum Gasteiger partial charge on any atom is -0.379 e. The van der Waals surface area contributed by atoms with Crippen molar-refractivity contribution in [1.82, 2.24) is 14.9 Å². The van der Waals surface area contributed by atoms with Crippen LogP contribution in [0.25, 0.3) is 0 Å². The third-order valence-corrected chi connectivity index (χ3v) is 3.18. The highest BCUT2D eigenvalue weighted by Gasteiger charge is 2.10. The number of benzene rings is 1. The number of nitrogens with one attached hydrogen (secondary N) is 1. The van der Waals surface area contributed by atoms with Gasteiger partial charge in [0.25, 0.3) is 5.91 Å². The van der Waals surface area contributed by atoms with Gasteiger partial charge in [-0.25, -0.2) is 9.97 Å². The highest BCUT2D eigenvalue weighted by molar-refractivity contribution is 5.95. The summed E-state index contributed by atoms with van der Waals surface area (Å²) in [5.41, 5.74) is 3.63. The van der Waals surface area contributed by atoms with E-state index in [9.17, 15) is 4.79 Å². The lowest BCUT2D eigenvalue weighted by Crippen LogP contribution is -2.21. The van der Waals surface area contributed by atoms with Crippen molar-refractivity contribution >= 4 is 11.6 Å². The summed E-state index contributed by atoms with van der Waals surface area (Å²) in [6.45, 7) is 4.48. The first-order valence-electron chi connectivity index (χ1n) is 6.82. The fourth-order valence-corrected chi connectivity index (χ4v) is 1.99. The van der Waals surface area contributed by atoms with E-state index in [4.69, 9.17) is 0 Å². The third-order valence-electron chi connectivity index (χ3n) is 3.18. The summed E-state index contributed by atoms with van der Waals surface area (Å²) in [6, 6.07) is 7.55. The predicted molar refractivity (Wildman–Crippen MR) is 83.3 cm³/mol. The average molecular weight is 284 g/mol. The van der Waals surface area contributed by atoms with Crippen LogP contribution in [-0.4, -0.2) is 34.9 Å². The molecule has 0 aliphatic carbocycles. The number of aryl methyl sites for hydroxylation is 2. The van der Waals surface area contributed by atoms with E-state index >= 15 is 0 Å². The van der Waals surface area contributed by atoms with Crippen LogP contribution in [0.5, 0.6) is 0 Å². The number of hydrogen-bond acceptors (Lipinski definition) is 4. The lowest BCUT2D eigenvalue weighted by Gasteiger charge is -2.14. The second-order valence-electron chi connectivity index (χ2n) is 5.18. The van der Waals surface area contributed by atoms with Crippen molar-refractivity contribution in [3.8, 4) is 0 Å². The molecule has 5 nitrogen and oxygen atoms in total. The first-order chi connectivity index (χ1) is 9.97. The van der Waals surface area contributed by atoms with E-state index in [1.807, 2.05) is 38.1 Å². The Hall–Kier alpha value is -2.43. The smallest absolute Gasteiger partial charge is 0.253 e. The van der Waals surface area contributed by atoms with Gasteiger partial charge in [0.1, 0.15) is 5.82 Å². The zero-order chi connectivity index (χ0) is 15.4. The van der Waals surface area contributed by atoms with Crippen molar-refractivity contribution in [2.45, 2.75) is 20.4 Å². The zero-order valence-corrected chi connectivity index (χ0v) is 12.8. The summed E-state index contributed by atoms with van der Waals surface area (Å²) < 4.78 is 0. The van der Waals surface area contributed by atoms with Gasteiger partial charge < -0.3 is 10.2 Å². The molecule has 1 aromatic heterocycles. The summed E-state index contributed by atoms with van der Waals surface area (Å²) in [5.74, 6) is 0.749. The van der Waals surface area contributed by atoms with Gasteiger partial charge in [-0.2, -0.15) is 0 Å². The summed E-state index contributed by atoms with van der Waals surface area (Å²) in [4.78, 5) is 22.0. The maximum absolute atomic E-state index is 12.0. The lowest BCUT2D eigenvalue weighted by atomic mass is 10.1. The van der Waals surface area contributed by atoms with E-state index in [2.05, 4.69) is 15.3 Å². The van der Waals surface area contributed by atoms with Gasteiger partial charge in [0.15, 0.2) is 0 Å². The first-order valence-corrected chi connectivity index (χ1v) is 6.82. The topological polar surface area (TPSA) is 58.1 Å². The summed E-state index contributed by atoms with van der Waals surface area (Å²) in [5, 5.41) is 3.33. The van der Waals surface area contributed by atoms with Crippen molar-refractivity contribution in [3.63, 3.8) is 0 Å². The van der Waals surface area contributed by atoms with E-state index in [0.717, 1.165) is 22.8 Å². The number of carbonyl (C=O) groups is 1. The van der Waals surface area contributed by atoms with Crippen molar-refractivity contribution in [2.24, 2.45) is 0 Å². The molecule has 1 N–H and O–H groups in total. The number of nitrogens with zero attached hydrogens (tertiary/aromatic N) is 3. The zero-order valence-electron chi connectivity index (χ0n) is 12.8. The number of hydrogen-bond donors (Lipinski definition) is 1. The van der Waals surface area contributed by atoms with Crippen LogP contribution in [0.2, 0.25) is 0 Å². The maximum atomic E-state index is 12.0. The van der Waals surface area contributed by atoms with Gasteiger partial charge in [0.05, 0.1) is 12.2 Å². The molecule has 21 heavy (non-hydrogen) atoms. The van der Waals surface area contributed by atoms with Crippen LogP contribution in [0.1, 0.15) is 27.4 Å². The molecular weight excluding hydrogens is 264 g/mol. The Kier molecular flexibility index (Phi) is 4.52. The van der Waals surface area contributed by atoms with Crippen LogP contribution in [0, 0.1) is 13.8 Å². The highest BCUT2D eigenvalue weighted by Crippen LogP contribution is 2.18. The SMILES string of the molecule is Cc1nccc(CNc2cc(C(=O)N(C)C)ccc2C)n1. The van der Waals surface area contributed by atoms with Crippen molar-refractivity contribution < 1.29 is 4.79 Å². The molecule has 0 saturated carbocycles. The fraction of sp³-hybridized carbons (Fsp3) is 0.312. The molecular formula is C16H20N4O. The maximum Gasteiger partial charge on any atom is 0.253 e. The Labute approximate surface area is 125 Å². The molecule has 0 saturated heterocycles. The standard InChI is InChI=1S/C16H20N4O/c1-11-5-6-13(16(21)20(3)4)9-15(11)18-10-14-7-8-17-12(2)19-14/h5-9,18H,10H2,1-4H3. The molecule has 0 spiro atoms. The van der Waals surface area contributed by atoms with Gasteiger partial charge in [-0.3, -0.25) is 4.79 Å². The van der Waals surface area contributed by atoms with Gasteiger partial charge in [0.2, 0.25) is 0 Å². The van der Waals surface area contributed by atoms with Crippen LogP contribution in [0.15, 0.2) is 30.5 Å². The molecule has 0 aliphatic rings. The molecule has 0 atom stereocenters. The first kappa shape index (κ1) is 15.0. The Morgan fingerprint density at radius 3 is 2.67 bits per heavy atom. The Balaban J connectivity index is 2.16. The van der Waals surface area contributed by atoms with Crippen LogP contribution in [-0.2, 0) is 6.54 Å². The molecule has 1 amide bonds. The van der Waals surface area contributed by atoms with E-state index in [1.165, 1.54) is 0 Å². The number of aromatic nitrogens is 2. The fourth-order valence-electron chi connectivity index (χ4n) is 1.99. The van der Waals surface area contributed by atoms with Gasteiger partial charge in [-0.15, -0.1) is 0 Å². The second kappa shape index (κ2) is 6.35. The Morgan fingerprint density at radius 2 is 2.00 bits per heavy atom. The molecule has 0 radical (unpaired) electrons. The van der Waals surface area contributed by atoms with E-state index in [1.54, 1.807) is 25.2 Å². The van der Waals surface area contributed by atoms with Crippen molar-refractivity contribution in [2.75, 3.05) is 19.4 Å². The van der Waals surface area contributed by atoms with Crippen LogP contribution >= 0.6 is 0 Å². The van der Waals surface area contributed by atoms with E-state index in [-0.39, 0.29) is 5.91 Å². The molecule has 1 aromatic carbocycles. The van der Waals surface area contributed by atoms with E-state index in [0.29, 0.717) is 12.1 Å². The minimum atomic E-state index is -0.00377. The molecule has 0 bridgehead atoms. The Bertz CT molecular complexity index is 652. The highest BCUT2D eigenvalue weighted by atomic mass is 16.2. The predicted octanol–water partition coefficient (Wildman–Crippen LogP) is 2.41. The van der Waals surface area contributed by atoms with E-state index < -0.39 is 0 Å². The molecule has 5 heteroatoms. The Morgan fingerprint density at radius 1 is 1.24 bits per heavy atom. The normalized spacial score (nSPS) is 10.3. The molecule has 0 fully saturated rings. The molecule has 110 valence electrons. The number of amides is 1. The van der Waals surface area contributed by atoms with Gasteiger partial charge >= 0.3 is 0 Å². The molecule has 1 heterocycles. The second-order valence-corrected chi connectivity index (χ2v) is 5.18. The average Bonchev–Trinajstić information content (AvgIpc) is 2.45. The van der Waals surface area contributed by atoms with Crippen LogP contribution in [0.4, 0.5) is 5.69 Å². The van der Waals surface area contributed by atoms with Crippen molar-refractivity contribution in [3.05, 3.63) is 53.1 Å². The number of rotatable bonds is 4. The lowest BCUT2D eigenvalue weighted by molar-refractivity contribution is 0.0827. The molecule has 0 unspecified atom stereocenters. The minimum absolute atomic E-state index is 0.00377.